The first-order valence-electron chi connectivity index (χ1n) is 3.70. The molecule has 1 aromatic rings. The van der Waals surface area contributed by atoms with Crippen LogP contribution in [0.1, 0.15) is 12.5 Å². The van der Waals surface area contributed by atoms with Crippen LogP contribution in [0.4, 0.5) is 0 Å². The second-order valence-corrected chi connectivity index (χ2v) is 3.40. The highest BCUT2D eigenvalue weighted by Crippen LogP contribution is 2.21. The van der Waals surface area contributed by atoms with Crippen molar-refractivity contribution in [1.82, 2.24) is 0 Å². The predicted molar refractivity (Wildman–Crippen MR) is 50.0 cm³/mol. The molecule has 3 nitrogen and oxygen atoms in total. The molecule has 1 atom stereocenters. The molecule has 0 heterocycles. The van der Waals surface area contributed by atoms with Gasteiger partial charge in [-0.1, -0.05) is 12.2 Å². The predicted octanol–water partition coefficient (Wildman–Crippen LogP) is 1.66. The molecule has 0 aromatic heterocycles. The molecule has 1 aromatic carbocycles. The van der Waals surface area contributed by atoms with Gasteiger partial charge in [-0.3, -0.25) is 4.21 Å². The van der Waals surface area contributed by atoms with Gasteiger partial charge in [-0.15, -0.1) is 0 Å². The summed E-state index contributed by atoms with van der Waals surface area (Å²) in [4.78, 5) is 0.172. The third-order valence-corrected chi connectivity index (χ3v) is 2.18. The first-order chi connectivity index (χ1) is 6.15. The number of rotatable bonds is 2. The minimum atomic E-state index is -2.25. The van der Waals surface area contributed by atoms with Gasteiger partial charge in [-0.25, -0.2) is 0 Å². The Labute approximate surface area is 79.0 Å². The van der Waals surface area contributed by atoms with E-state index in [0.29, 0.717) is 5.56 Å². The van der Waals surface area contributed by atoms with Gasteiger partial charge in [0.15, 0.2) is 0 Å². The minimum absolute atomic E-state index is 0.0762. The van der Waals surface area contributed by atoms with Crippen LogP contribution in [0.5, 0.6) is 5.75 Å². The van der Waals surface area contributed by atoms with Gasteiger partial charge >= 0.3 is 0 Å². The molecule has 0 spiro atoms. The lowest BCUT2D eigenvalue weighted by Gasteiger charge is -2.06. The van der Waals surface area contributed by atoms with Gasteiger partial charge < -0.3 is 9.66 Å². The summed E-state index contributed by atoms with van der Waals surface area (Å²) in [5.74, 6) is 0.0762. The van der Waals surface area contributed by atoms with Gasteiger partial charge in [0.1, 0.15) is 5.75 Å². The van der Waals surface area contributed by atoms with Gasteiger partial charge in [-0.2, -0.15) is 0 Å². The van der Waals surface area contributed by atoms with E-state index in [4.69, 9.17) is 0 Å². The maximum atomic E-state index is 10.6. The van der Waals surface area contributed by atoms with Crippen molar-refractivity contribution in [3.63, 3.8) is 0 Å². The monoisotopic (exact) mass is 197 g/mol. The van der Waals surface area contributed by atoms with Crippen molar-refractivity contribution in [3.8, 4) is 5.75 Å². The number of aromatic hydroxyl groups is 1. The molecule has 0 amide bonds. The maximum absolute atomic E-state index is 10.6. The summed E-state index contributed by atoms with van der Waals surface area (Å²) in [5.41, 5.74) is 0.504. The van der Waals surface area contributed by atoms with E-state index in [1.54, 1.807) is 19.1 Å². The smallest absolute Gasteiger partial charge is 0.122 e. The Bertz CT molecular complexity index is 358. The highest BCUT2D eigenvalue weighted by molar-refractivity contribution is 7.79. The lowest BCUT2D eigenvalue weighted by atomic mass is 10.2. The van der Waals surface area contributed by atoms with Gasteiger partial charge in [0, 0.05) is 10.5 Å². The van der Waals surface area contributed by atoms with Gasteiger partial charge in [0.05, 0.1) is 0 Å². The Balaban J connectivity index is 3.18. The van der Waals surface area contributed by atoms with Crippen molar-refractivity contribution in [3.05, 3.63) is 29.8 Å². The normalized spacial score (nSPS) is 13.4. The van der Waals surface area contributed by atoms with Crippen molar-refractivity contribution in [1.29, 1.82) is 0 Å². The van der Waals surface area contributed by atoms with Crippen molar-refractivity contribution in [2.45, 2.75) is 11.8 Å². The van der Waals surface area contributed by atoms with Crippen LogP contribution in [0.15, 0.2) is 29.2 Å². The fourth-order valence-corrected chi connectivity index (χ4v) is 1.35. The number of hydrogen-bond donors (Lipinski definition) is 1. The molecule has 1 unspecified atom stereocenters. The van der Waals surface area contributed by atoms with Crippen LogP contribution in [-0.2, 0) is 11.1 Å². The summed E-state index contributed by atoms with van der Waals surface area (Å²) in [7, 11) is 0. The second-order valence-electron chi connectivity index (χ2n) is 2.46. The van der Waals surface area contributed by atoms with E-state index in [9.17, 15) is 13.9 Å². The first kappa shape index (κ1) is 9.95. The molecule has 0 fully saturated rings. The maximum Gasteiger partial charge on any atom is 0.122 e. The van der Waals surface area contributed by atoms with Crippen molar-refractivity contribution < 1.29 is 13.9 Å². The molecular weight excluding hydrogens is 188 g/mol. The van der Waals surface area contributed by atoms with Crippen LogP contribution in [-0.4, -0.2) is 13.9 Å². The largest absolute Gasteiger partial charge is 0.768 e. The molecular formula is C9H9O3S-. The number of hydrogen-bond acceptors (Lipinski definition) is 3. The molecule has 13 heavy (non-hydrogen) atoms. The SMILES string of the molecule is C/C=C/c1cc(S(=O)[O-])ccc1O. The zero-order chi connectivity index (χ0) is 9.84. The lowest BCUT2D eigenvalue weighted by Crippen LogP contribution is -1.88. The Hall–Kier alpha value is -1.13. The van der Waals surface area contributed by atoms with Crippen molar-refractivity contribution in [2.24, 2.45) is 0 Å². The van der Waals surface area contributed by atoms with Crippen LogP contribution < -0.4 is 0 Å². The standard InChI is InChI=1S/C9H10O3S/c1-2-3-7-6-8(13(11)12)4-5-9(7)10/h2-6,10H,1H3,(H,11,12)/p-1/b3-2+. The Kier molecular flexibility index (Phi) is 3.22. The molecule has 0 bridgehead atoms. The van der Waals surface area contributed by atoms with Crippen LogP contribution in [0.25, 0.3) is 6.08 Å². The van der Waals surface area contributed by atoms with Crippen molar-refractivity contribution in [2.75, 3.05) is 0 Å². The third kappa shape index (κ3) is 2.40. The zero-order valence-corrected chi connectivity index (χ0v) is 7.88. The molecule has 0 aliphatic rings. The van der Waals surface area contributed by atoms with E-state index in [2.05, 4.69) is 0 Å². The van der Waals surface area contributed by atoms with E-state index in [1.807, 2.05) is 0 Å². The van der Waals surface area contributed by atoms with Gasteiger partial charge in [-0.05, 0) is 36.2 Å². The Morgan fingerprint density at radius 3 is 2.77 bits per heavy atom. The molecule has 0 aliphatic heterocycles. The Morgan fingerprint density at radius 2 is 2.23 bits per heavy atom. The number of phenolic OH excluding ortho intramolecular Hbond substituents is 1. The summed E-state index contributed by atoms with van der Waals surface area (Å²) in [5, 5.41) is 9.30. The molecule has 70 valence electrons. The number of allylic oxidation sites excluding steroid dienone is 1. The van der Waals surface area contributed by atoms with Crippen LogP contribution >= 0.6 is 0 Å². The molecule has 0 saturated carbocycles. The molecule has 0 saturated heterocycles. The second kappa shape index (κ2) is 4.20. The quantitative estimate of drug-likeness (QED) is 0.733. The average Bonchev–Trinajstić information content (AvgIpc) is 2.08. The average molecular weight is 197 g/mol. The summed E-state index contributed by atoms with van der Waals surface area (Å²) >= 11 is -2.25. The summed E-state index contributed by atoms with van der Waals surface area (Å²) < 4.78 is 21.1. The number of benzene rings is 1. The van der Waals surface area contributed by atoms with Crippen LogP contribution in [0, 0.1) is 0 Å². The summed E-state index contributed by atoms with van der Waals surface area (Å²) in [6.07, 6.45) is 3.37. The third-order valence-electron chi connectivity index (χ3n) is 1.54. The highest BCUT2D eigenvalue weighted by atomic mass is 32.2. The zero-order valence-electron chi connectivity index (χ0n) is 7.06. The minimum Gasteiger partial charge on any atom is -0.768 e. The summed E-state index contributed by atoms with van der Waals surface area (Å²) in [6, 6.07) is 4.13. The highest BCUT2D eigenvalue weighted by Gasteiger charge is 1.99. The molecule has 1 rings (SSSR count). The lowest BCUT2D eigenvalue weighted by molar-refractivity contribution is 0.473. The summed E-state index contributed by atoms with van der Waals surface area (Å²) in [6.45, 7) is 1.79. The fraction of sp³-hybridized carbons (Fsp3) is 0.111. The van der Waals surface area contributed by atoms with E-state index in [1.165, 1.54) is 18.2 Å². The van der Waals surface area contributed by atoms with Gasteiger partial charge in [0.2, 0.25) is 0 Å². The van der Waals surface area contributed by atoms with E-state index in [0.717, 1.165) is 0 Å². The topological polar surface area (TPSA) is 60.4 Å². The first-order valence-corrected chi connectivity index (χ1v) is 4.77. The van der Waals surface area contributed by atoms with E-state index in [-0.39, 0.29) is 10.6 Å². The molecule has 4 heteroatoms. The molecule has 0 radical (unpaired) electrons. The fourth-order valence-electron chi connectivity index (χ4n) is 0.949. The van der Waals surface area contributed by atoms with Crippen LogP contribution in [0.2, 0.25) is 0 Å². The Morgan fingerprint density at radius 1 is 1.54 bits per heavy atom. The van der Waals surface area contributed by atoms with Crippen molar-refractivity contribution >= 4 is 17.2 Å². The molecule has 0 aliphatic carbocycles. The number of phenols is 1. The van der Waals surface area contributed by atoms with Gasteiger partial charge in [0.25, 0.3) is 0 Å². The van der Waals surface area contributed by atoms with Crippen LogP contribution in [0.3, 0.4) is 0 Å². The van der Waals surface area contributed by atoms with E-state index >= 15 is 0 Å². The molecule has 1 N–H and O–H groups in total. The van der Waals surface area contributed by atoms with E-state index < -0.39 is 11.1 Å².